The molecular formula is C16H19BrN4O3. The van der Waals surface area contributed by atoms with Crippen LogP contribution >= 0.6 is 15.9 Å². The number of fused-ring (bicyclic) bond motifs is 1. The Morgan fingerprint density at radius 3 is 2.38 bits per heavy atom. The van der Waals surface area contributed by atoms with Crippen LogP contribution in [0.15, 0.2) is 32.0 Å². The summed E-state index contributed by atoms with van der Waals surface area (Å²) in [6, 6.07) is 0. The van der Waals surface area contributed by atoms with Crippen LogP contribution in [0.25, 0.3) is 11.0 Å². The summed E-state index contributed by atoms with van der Waals surface area (Å²) in [6.07, 6.45) is 4.47. The van der Waals surface area contributed by atoms with E-state index in [2.05, 4.69) is 21.4 Å². The maximum Gasteiger partial charge on any atom is 0.331 e. The molecule has 0 spiro atoms. The van der Waals surface area contributed by atoms with Crippen molar-refractivity contribution in [1.29, 1.82) is 0 Å². The van der Waals surface area contributed by atoms with Crippen LogP contribution in [-0.4, -0.2) is 19.6 Å². The lowest BCUT2D eigenvalue weighted by molar-refractivity contribution is -0.117. The zero-order valence-electron chi connectivity index (χ0n) is 14.0. The summed E-state index contributed by atoms with van der Waals surface area (Å²) in [6.45, 7) is 4.07. The number of carbonyl (C=O) groups is 1. The minimum atomic E-state index is -0.395. The van der Waals surface area contributed by atoms with E-state index in [0.717, 1.165) is 10.3 Å². The molecule has 0 unspecified atom stereocenters. The summed E-state index contributed by atoms with van der Waals surface area (Å²) in [7, 11) is 3.06. The molecule has 0 amide bonds. The summed E-state index contributed by atoms with van der Waals surface area (Å²) in [4.78, 5) is 36.6. The van der Waals surface area contributed by atoms with Gasteiger partial charge in [0, 0.05) is 38.5 Å². The summed E-state index contributed by atoms with van der Waals surface area (Å²) in [5.74, 6) is 0.0598. The van der Waals surface area contributed by atoms with Crippen LogP contribution in [0.2, 0.25) is 0 Å². The van der Waals surface area contributed by atoms with Crippen molar-refractivity contribution in [2.45, 2.75) is 26.7 Å². The number of hydrogen-bond donors (Lipinski definition) is 1. The second-order valence-electron chi connectivity index (χ2n) is 7.02. The van der Waals surface area contributed by atoms with Crippen LogP contribution in [0.4, 0.5) is 0 Å². The first kappa shape index (κ1) is 16.8. The highest BCUT2D eigenvalue weighted by atomic mass is 79.9. The SMILES string of the molecule is Cn1c(=O)c2c(c(Br)cn2NC2=CC(=O)CC(C)(C)C2)n(C)c1=O. The van der Waals surface area contributed by atoms with Crippen LogP contribution < -0.4 is 16.7 Å². The molecule has 0 atom stereocenters. The number of nitrogens with one attached hydrogen (secondary N) is 1. The van der Waals surface area contributed by atoms with Gasteiger partial charge in [0.2, 0.25) is 0 Å². The minimum Gasteiger partial charge on any atom is -0.298 e. The second-order valence-corrected chi connectivity index (χ2v) is 7.87. The Bertz CT molecular complexity index is 1010. The van der Waals surface area contributed by atoms with Crippen molar-refractivity contribution in [3.05, 3.63) is 43.3 Å². The van der Waals surface area contributed by atoms with Gasteiger partial charge in [-0.25, -0.2) is 4.79 Å². The molecule has 0 fully saturated rings. The van der Waals surface area contributed by atoms with E-state index in [9.17, 15) is 14.4 Å². The third-order valence-electron chi connectivity index (χ3n) is 4.27. The van der Waals surface area contributed by atoms with Crippen LogP contribution in [0.5, 0.6) is 0 Å². The highest BCUT2D eigenvalue weighted by molar-refractivity contribution is 9.10. The molecule has 2 aromatic heterocycles. The summed E-state index contributed by atoms with van der Waals surface area (Å²) >= 11 is 3.41. The first-order valence-electron chi connectivity index (χ1n) is 7.58. The van der Waals surface area contributed by atoms with Gasteiger partial charge in [-0.15, -0.1) is 0 Å². The normalized spacial score (nSPS) is 17.2. The van der Waals surface area contributed by atoms with E-state index in [0.29, 0.717) is 28.3 Å². The molecule has 2 heterocycles. The van der Waals surface area contributed by atoms with Gasteiger partial charge in [-0.1, -0.05) is 13.8 Å². The standard InChI is InChI=1S/C16H19BrN4O3/c1-16(2)6-9(5-10(22)7-16)18-21-8-11(17)12-13(21)14(23)20(4)15(24)19(12)3/h5,8,18H,6-7H2,1-4H3. The molecule has 24 heavy (non-hydrogen) atoms. The number of halogens is 1. The maximum absolute atomic E-state index is 12.6. The van der Waals surface area contributed by atoms with Gasteiger partial charge >= 0.3 is 5.69 Å². The van der Waals surface area contributed by atoms with Crippen molar-refractivity contribution in [2.75, 3.05) is 5.43 Å². The lowest BCUT2D eigenvalue weighted by Crippen LogP contribution is -2.38. The molecule has 1 aliphatic carbocycles. The predicted molar refractivity (Wildman–Crippen MR) is 95.6 cm³/mol. The third-order valence-corrected chi connectivity index (χ3v) is 4.85. The smallest absolute Gasteiger partial charge is 0.298 e. The number of hydrogen-bond acceptors (Lipinski definition) is 4. The van der Waals surface area contributed by atoms with Crippen molar-refractivity contribution < 1.29 is 4.79 Å². The fourth-order valence-corrected chi connectivity index (χ4v) is 3.88. The molecule has 2 aromatic rings. The van der Waals surface area contributed by atoms with Crippen LogP contribution in [0.1, 0.15) is 26.7 Å². The Labute approximate surface area is 146 Å². The second kappa shape index (κ2) is 5.47. The summed E-state index contributed by atoms with van der Waals surface area (Å²) < 4.78 is 4.69. The average molecular weight is 395 g/mol. The third kappa shape index (κ3) is 2.64. The molecule has 1 N–H and O–H groups in total. The van der Waals surface area contributed by atoms with E-state index in [1.165, 1.54) is 11.6 Å². The van der Waals surface area contributed by atoms with E-state index >= 15 is 0 Å². The largest absolute Gasteiger partial charge is 0.331 e. The minimum absolute atomic E-state index is 0.0598. The predicted octanol–water partition coefficient (Wildman–Crippen LogP) is 1.62. The van der Waals surface area contributed by atoms with E-state index in [1.54, 1.807) is 24.0 Å². The summed E-state index contributed by atoms with van der Waals surface area (Å²) in [5.41, 5.74) is 3.83. The number of aromatic nitrogens is 3. The molecule has 0 radical (unpaired) electrons. The Morgan fingerprint density at radius 2 is 1.75 bits per heavy atom. The van der Waals surface area contributed by atoms with Crippen LogP contribution in [-0.2, 0) is 18.9 Å². The van der Waals surface area contributed by atoms with Crippen molar-refractivity contribution in [3.63, 3.8) is 0 Å². The number of allylic oxidation sites excluding steroid dienone is 2. The van der Waals surface area contributed by atoms with Gasteiger partial charge in [0.25, 0.3) is 5.56 Å². The zero-order chi connectivity index (χ0) is 17.8. The van der Waals surface area contributed by atoms with Gasteiger partial charge < -0.3 is 0 Å². The molecule has 0 bridgehead atoms. The van der Waals surface area contributed by atoms with Gasteiger partial charge in [-0.2, -0.15) is 0 Å². The number of rotatable bonds is 2. The van der Waals surface area contributed by atoms with E-state index in [1.807, 2.05) is 13.8 Å². The Hall–Kier alpha value is -2.09. The van der Waals surface area contributed by atoms with E-state index < -0.39 is 5.56 Å². The molecule has 128 valence electrons. The Kier molecular flexibility index (Phi) is 3.82. The first-order chi connectivity index (χ1) is 11.1. The van der Waals surface area contributed by atoms with Gasteiger partial charge in [0.1, 0.15) is 0 Å². The van der Waals surface area contributed by atoms with Gasteiger partial charge in [-0.05, 0) is 27.8 Å². The average Bonchev–Trinajstić information content (AvgIpc) is 2.77. The molecule has 0 aromatic carbocycles. The lowest BCUT2D eigenvalue weighted by Gasteiger charge is -2.29. The molecule has 3 rings (SSSR count). The summed E-state index contributed by atoms with van der Waals surface area (Å²) in [5, 5.41) is 0. The van der Waals surface area contributed by atoms with Gasteiger partial charge in [0.05, 0.1) is 9.99 Å². The number of nitrogens with zero attached hydrogens (tertiary/aromatic N) is 3. The number of ketones is 1. The van der Waals surface area contributed by atoms with Crippen molar-refractivity contribution in [3.8, 4) is 0 Å². The molecule has 0 saturated carbocycles. The Balaban J connectivity index is 2.17. The monoisotopic (exact) mass is 394 g/mol. The molecule has 0 saturated heterocycles. The van der Waals surface area contributed by atoms with Crippen molar-refractivity contribution in [1.82, 2.24) is 13.8 Å². The highest BCUT2D eigenvalue weighted by Crippen LogP contribution is 2.33. The van der Waals surface area contributed by atoms with Gasteiger partial charge in [-0.3, -0.25) is 28.8 Å². The van der Waals surface area contributed by atoms with Crippen molar-refractivity contribution in [2.24, 2.45) is 19.5 Å². The van der Waals surface area contributed by atoms with E-state index in [-0.39, 0.29) is 16.9 Å². The topological polar surface area (TPSA) is 78.0 Å². The maximum atomic E-state index is 12.6. The molecule has 7 nitrogen and oxygen atoms in total. The van der Waals surface area contributed by atoms with E-state index in [4.69, 9.17) is 0 Å². The molecule has 1 aliphatic rings. The van der Waals surface area contributed by atoms with Crippen LogP contribution in [0.3, 0.4) is 0 Å². The molecular weight excluding hydrogens is 376 g/mol. The molecule has 0 aliphatic heterocycles. The zero-order valence-corrected chi connectivity index (χ0v) is 15.6. The quantitative estimate of drug-likeness (QED) is 0.839. The Morgan fingerprint density at radius 1 is 1.08 bits per heavy atom. The molecule has 8 heteroatoms. The number of aryl methyl sites for hydroxylation is 1. The number of carbonyl (C=O) groups excluding carboxylic acids is 1. The fourth-order valence-electron chi connectivity index (χ4n) is 3.22. The first-order valence-corrected chi connectivity index (χ1v) is 8.37. The highest BCUT2D eigenvalue weighted by Gasteiger charge is 2.28. The lowest BCUT2D eigenvalue weighted by atomic mass is 9.79. The van der Waals surface area contributed by atoms with Crippen molar-refractivity contribution >= 4 is 32.7 Å². The van der Waals surface area contributed by atoms with Crippen LogP contribution in [0, 0.1) is 5.41 Å². The fraction of sp³-hybridized carbons (Fsp3) is 0.438. The van der Waals surface area contributed by atoms with Gasteiger partial charge in [0.15, 0.2) is 11.3 Å².